The molecular formula is C6H9F3O. The van der Waals surface area contributed by atoms with Crippen LogP contribution in [0.1, 0.15) is 13.3 Å². The molecule has 0 aliphatic carbocycles. The number of halogens is 3. The number of hydrogen-bond donors (Lipinski definition) is 1. The molecule has 60 valence electrons. The van der Waals surface area contributed by atoms with E-state index in [1.807, 2.05) is 0 Å². The molecule has 1 nitrogen and oxygen atoms in total. The summed E-state index contributed by atoms with van der Waals surface area (Å²) in [5.41, 5.74) is 0. The third-order valence-electron chi connectivity index (χ3n) is 1.18. The molecule has 0 fully saturated rings. The van der Waals surface area contributed by atoms with Crippen LogP contribution in [0.2, 0.25) is 0 Å². The van der Waals surface area contributed by atoms with Gasteiger partial charge in [0, 0.05) is 0 Å². The van der Waals surface area contributed by atoms with Gasteiger partial charge in [0.15, 0.2) is 0 Å². The van der Waals surface area contributed by atoms with Gasteiger partial charge in [-0.2, -0.15) is 13.2 Å². The van der Waals surface area contributed by atoms with E-state index in [1.54, 1.807) is 0 Å². The van der Waals surface area contributed by atoms with E-state index in [-0.39, 0.29) is 6.42 Å². The first-order valence-electron chi connectivity index (χ1n) is 2.90. The van der Waals surface area contributed by atoms with E-state index in [0.717, 1.165) is 6.08 Å². The minimum Gasteiger partial charge on any atom is -0.516 e. The van der Waals surface area contributed by atoms with Crippen molar-refractivity contribution in [1.82, 2.24) is 0 Å². The summed E-state index contributed by atoms with van der Waals surface area (Å²) in [6, 6.07) is 0. The lowest BCUT2D eigenvalue weighted by Crippen LogP contribution is -2.19. The molecule has 0 rings (SSSR count). The van der Waals surface area contributed by atoms with E-state index in [0.29, 0.717) is 6.26 Å². The Morgan fingerprint density at radius 1 is 1.50 bits per heavy atom. The highest BCUT2D eigenvalue weighted by Crippen LogP contribution is 2.29. The molecule has 0 aromatic heterocycles. The fraction of sp³-hybridized carbons (Fsp3) is 0.667. The average molecular weight is 154 g/mol. The standard InChI is InChI=1S/C6H9F3O/c1-2-5(3-4-10)6(7,8)9/h3-5,10H,2H2,1H3. The zero-order chi connectivity index (χ0) is 8.20. The predicted molar refractivity (Wildman–Crippen MR) is 31.6 cm³/mol. The van der Waals surface area contributed by atoms with Crippen molar-refractivity contribution in [2.45, 2.75) is 19.5 Å². The Hall–Kier alpha value is -0.670. The van der Waals surface area contributed by atoms with Crippen LogP contribution in [0, 0.1) is 5.92 Å². The molecule has 0 bridgehead atoms. The Morgan fingerprint density at radius 3 is 2.10 bits per heavy atom. The third kappa shape index (κ3) is 2.75. The van der Waals surface area contributed by atoms with Crippen LogP contribution in [0.3, 0.4) is 0 Å². The highest BCUT2D eigenvalue weighted by molar-refractivity contribution is 4.85. The molecule has 0 aromatic rings. The lowest BCUT2D eigenvalue weighted by Gasteiger charge is -2.12. The Bertz CT molecular complexity index is 117. The number of hydrogen-bond acceptors (Lipinski definition) is 1. The molecule has 0 radical (unpaired) electrons. The van der Waals surface area contributed by atoms with Crippen molar-refractivity contribution in [2.24, 2.45) is 5.92 Å². The fourth-order valence-corrected chi connectivity index (χ4v) is 0.581. The number of rotatable bonds is 2. The summed E-state index contributed by atoms with van der Waals surface area (Å²) in [6.45, 7) is 1.41. The smallest absolute Gasteiger partial charge is 0.395 e. The molecule has 1 N–H and O–H groups in total. The zero-order valence-electron chi connectivity index (χ0n) is 5.52. The summed E-state index contributed by atoms with van der Waals surface area (Å²) in [4.78, 5) is 0. The predicted octanol–water partition coefficient (Wildman–Crippen LogP) is 2.65. The normalized spacial score (nSPS) is 16.0. The highest BCUT2D eigenvalue weighted by Gasteiger charge is 2.36. The summed E-state index contributed by atoms with van der Waals surface area (Å²) in [6.07, 6.45) is -3.10. The molecule has 0 amide bonds. The summed E-state index contributed by atoms with van der Waals surface area (Å²) < 4.78 is 35.2. The van der Waals surface area contributed by atoms with Gasteiger partial charge in [0.2, 0.25) is 0 Å². The average Bonchev–Trinajstić information content (AvgIpc) is 1.80. The van der Waals surface area contributed by atoms with Gasteiger partial charge in [-0.05, 0) is 12.5 Å². The molecule has 0 aromatic carbocycles. The van der Waals surface area contributed by atoms with E-state index in [9.17, 15) is 13.2 Å². The molecule has 0 saturated heterocycles. The summed E-state index contributed by atoms with van der Waals surface area (Å²) >= 11 is 0. The fourth-order valence-electron chi connectivity index (χ4n) is 0.581. The second kappa shape index (κ2) is 3.49. The highest BCUT2D eigenvalue weighted by atomic mass is 19.4. The molecule has 0 saturated carbocycles. The Labute approximate surface area is 57.2 Å². The van der Waals surface area contributed by atoms with Gasteiger partial charge in [-0.25, -0.2) is 0 Å². The number of alkyl halides is 3. The molecule has 4 heteroatoms. The molecule has 1 atom stereocenters. The lowest BCUT2D eigenvalue weighted by molar-refractivity contribution is -0.161. The third-order valence-corrected chi connectivity index (χ3v) is 1.18. The van der Waals surface area contributed by atoms with Crippen LogP contribution in [-0.2, 0) is 0 Å². The first kappa shape index (κ1) is 9.33. The SMILES string of the molecule is CCC(C=CO)C(F)(F)F. The second-order valence-corrected chi connectivity index (χ2v) is 1.90. The first-order valence-corrected chi connectivity index (χ1v) is 2.90. The van der Waals surface area contributed by atoms with Gasteiger partial charge in [-0.3, -0.25) is 0 Å². The largest absolute Gasteiger partial charge is 0.516 e. The number of allylic oxidation sites excluding steroid dienone is 1. The van der Waals surface area contributed by atoms with Crippen LogP contribution < -0.4 is 0 Å². The molecule has 0 aliphatic heterocycles. The topological polar surface area (TPSA) is 20.2 Å². The molecule has 0 spiro atoms. The lowest BCUT2D eigenvalue weighted by atomic mass is 10.1. The quantitative estimate of drug-likeness (QED) is 0.606. The zero-order valence-corrected chi connectivity index (χ0v) is 5.52. The van der Waals surface area contributed by atoms with Gasteiger partial charge in [0.1, 0.15) is 0 Å². The molecular weight excluding hydrogens is 145 g/mol. The van der Waals surface area contributed by atoms with E-state index in [4.69, 9.17) is 5.11 Å². The van der Waals surface area contributed by atoms with Gasteiger partial charge < -0.3 is 5.11 Å². The van der Waals surface area contributed by atoms with E-state index < -0.39 is 12.1 Å². The second-order valence-electron chi connectivity index (χ2n) is 1.90. The van der Waals surface area contributed by atoms with Crippen molar-refractivity contribution < 1.29 is 18.3 Å². The van der Waals surface area contributed by atoms with Crippen molar-refractivity contribution in [3.63, 3.8) is 0 Å². The Morgan fingerprint density at radius 2 is 2.00 bits per heavy atom. The van der Waals surface area contributed by atoms with Crippen molar-refractivity contribution in [1.29, 1.82) is 0 Å². The summed E-state index contributed by atoms with van der Waals surface area (Å²) in [5, 5.41) is 8.05. The Balaban J connectivity index is 4.07. The summed E-state index contributed by atoms with van der Waals surface area (Å²) in [7, 11) is 0. The molecule has 10 heavy (non-hydrogen) atoms. The van der Waals surface area contributed by atoms with Crippen molar-refractivity contribution in [2.75, 3.05) is 0 Å². The van der Waals surface area contributed by atoms with Crippen LogP contribution in [0.4, 0.5) is 13.2 Å². The van der Waals surface area contributed by atoms with Crippen molar-refractivity contribution >= 4 is 0 Å². The van der Waals surface area contributed by atoms with Gasteiger partial charge in [-0.15, -0.1) is 0 Å². The van der Waals surface area contributed by atoms with Gasteiger partial charge in [0.25, 0.3) is 0 Å². The maximum atomic E-state index is 11.7. The summed E-state index contributed by atoms with van der Waals surface area (Å²) in [5.74, 6) is -1.52. The van der Waals surface area contributed by atoms with Crippen molar-refractivity contribution in [3.8, 4) is 0 Å². The number of aliphatic hydroxyl groups is 1. The molecule has 0 aliphatic rings. The maximum Gasteiger partial charge on any atom is 0.395 e. The minimum atomic E-state index is -4.23. The Kier molecular flexibility index (Phi) is 3.25. The van der Waals surface area contributed by atoms with Crippen LogP contribution >= 0.6 is 0 Å². The molecule has 0 heterocycles. The molecule has 1 unspecified atom stereocenters. The van der Waals surface area contributed by atoms with Gasteiger partial charge in [-0.1, -0.05) is 6.92 Å². The maximum absolute atomic E-state index is 11.7. The van der Waals surface area contributed by atoms with Crippen LogP contribution in [0.15, 0.2) is 12.3 Å². The van der Waals surface area contributed by atoms with Gasteiger partial charge in [0.05, 0.1) is 12.2 Å². The minimum absolute atomic E-state index is 0.0411. The number of aliphatic hydroxyl groups excluding tert-OH is 1. The van der Waals surface area contributed by atoms with Crippen LogP contribution in [0.5, 0.6) is 0 Å². The van der Waals surface area contributed by atoms with E-state index in [1.165, 1.54) is 6.92 Å². The first-order chi connectivity index (χ1) is 4.52. The monoisotopic (exact) mass is 154 g/mol. The van der Waals surface area contributed by atoms with E-state index in [2.05, 4.69) is 0 Å². The van der Waals surface area contributed by atoms with E-state index >= 15 is 0 Å². The van der Waals surface area contributed by atoms with Crippen LogP contribution in [-0.4, -0.2) is 11.3 Å². The van der Waals surface area contributed by atoms with Crippen LogP contribution in [0.25, 0.3) is 0 Å². The van der Waals surface area contributed by atoms with Gasteiger partial charge >= 0.3 is 6.18 Å². The van der Waals surface area contributed by atoms with Crippen molar-refractivity contribution in [3.05, 3.63) is 12.3 Å².